The third-order valence-corrected chi connectivity index (χ3v) is 2.37. The molecule has 0 heterocycles. The van der Waals surface area contributed by atoms with Crippen molar-refractivity contribution in [3.8, 4) is 11.1 Å². The van der Waals surface area contributed by atoms with Gasteiger partial charge in [-0.15, -0.1) is 0 Å². The van der Waals surface area contributed by atoms with Crippen molar-refractivity contribution in [1.29, 1.82) is 5.41 Å². The van der Waals surface area contributed by atoms with Gasteiger partial charge in [0.1, 0.15) is 11.7 Å². The van der Waals surface area contributed by atoms with Crippen LogP contribution in [-0.2, 0) is 0 Å². The molecule has 0 amide bonds. The number of hydrogen-bond acceptors (Lipinski definition) is 1. The van der Waals surface area contributed by atoms with E-state index in [9.17, 15) is 4.39 Å². The highest BCUT2D eigenvalue weighted by Crippen LogP contribution is 2.19. The highest BCUT2D eigenvalue weighted by molar-refractivity contribution is 5.95. The number of nitrogen functional groups attached to an aromatic ring is 1. The first-order valence-corrected chi connectivity index (χ1v) is 4.87. The number of amidine groups is 1. The Morgan fingerprint density at radius 1 is 0.875 bits per heavy atom. The van der Waals surface area contributed by atoms with E-state index >= 15 is 0 Å². The quantitative estimate of drug-likeness (QED) is 0.586. The van der Waals surface area contributed by atoms with Crippen LogP contribution >= 0.6 is 0 Å². The largest absolute Gasteiger partial charge is 0.384 e. The topological polar surface area (TPSA) is 49.9 Å². The van der Waals surface area contributed by atoms with Crippen molar-refractivity contribution in [3.05, 3.63) is 59.9 Å². The van der Waals surface area contributed by atoms with Gasteiger partial charge < -0.3 is 5.73 Å². The zero-order valence-corrected chi connectivity index (χ0v) is 8.57. The lowest BCUT2D eigenvalue weighted by molar-refractivity contribution is 0.628. The average molecular weight is 214 g/mol. The maximum Gasteiger partial charge on any atom is 0.123 e. The molecule has 2 aromatic carbocycles. The Labute approximate surface area is 93.0 Å². The zero-order chi connectivity index (χ0) is 11.5. The first-order valence-electron chi connectivity index (χ1n) is 4.87. The monoisotopic (exact) mass is 214 g/mol. The second kappa shape index (κ2) is 4.14. The summed E-state index contributed by atoms with van der Waals surface area (Å²) in [6.45, 7) is 0. The highest BCUT2D eigenvalue weighted by Gasteiger charge is 1.99. The predicted octanol–water partition coefficient (Wildman–Crippen LogP) is 2.78. The Balaban J connectivity index is 2.34. The second-order valence-electron chi connectivity index (χ2n) is 3.50. The van der Waals surface area contributed by atoms with E-state index in [0.717, 1.165) is 11.1 Å². The van der Waals surface area contributed by atoms with E-state index in [2.05, 4.69) is 0 Å². The van der Waals surface area contributed by atoms with Gasteiger partial charge in [-0.3, -0.25) is 5.41 Å². The molecule has 0 aliphatic carbocycles. The maximum atomic E-state index is 12.7. The van der Waals surface area contributed by atoms with Crippen molar-refractivity contribution in [2.75, 3.05) is 0 Å². The van der Waals surface area contributed by atoms with Crippen molar-refractivity contribution < 1.29 is 4.39 Å². The molecule has 0 fully saturated rings. The summed E-state index contributed by atoms with van der Waals surface area (Å²) in [6, 6.07) is 13.6. The molecule has 16 heavy (non-hydrogen) atoms. The summed E-state index contributed by atoms with van der Waals surface area (Å²) in [7, 11) is 0. The molecule has 0 aliphatic rings. The van der Waals surface area contributed by atoms with Crippen molar-refractivity contribution in [1.82, 2.24) is 0 Å². The number of hydrogen-bond donors (Lipinski definition) is 2. The van der Waals surface area contributed by atoms with E-state index in [1.54, 1.807) is 24.3 Å². The summed E-state index contributed by atoms with van der Waals surface area (Å²) in [5, 5.41) is 7.27. The van der Waals surface area contributed by atoms with Crippen LogP contribution in [0, 0.1) is 11.2 Å². The van der Waals surface area contributed by atoms with Gasteiger partial charge in [-0.1, -0.05) is 36.4 Å². The van der Waals surface area contributed by atoms with Gasteiger partial charge in [0.15, 0.2) is 0 Å². The molecule has 0 atom stereocenters. The molecule has 0 unspecified atom stereocenters. The summed E-state index contributed by atoms with van der Waals surface area (Å²) in [5.74, 6) is -0.199. The Hall–Kier alpha value is -2.16. The highest BCUT2D eigenvalue weighted by atomic mass is 19.1. The molecule has 0 aromatic heterocycles. The summed E-state index contributed by atoms with van der Waals surface area (Å²) in [6.07, 6.45) is 0. The van der Waals surface area contributed by atoms with Crippen LogP contribution in [0.3, 0.4) is 0 Å². The van der Waals surface area contributed by atoms with E-state index in [0.29, 0.717) is 5.56 Å². The summed E-state index contributed by atoms with van der Waals surface area (Å²) in [4.78, 5) is 0. The zero-order valence-electron chi connectivity index (χ0n) is 8.57. The molecule has 80 valence electrons. The third-order valence-electron chi connectivity index (χ3n) is 2.37. The first kappa shape index (κ1) is 10.4. The van der Waals surface area contributed by atoms with Crippen LogP contribution in [0.25, 0.3) is 11.1 Å². The lowest BCUT2D eigenvalue weighted by Gasteiger charge is -2.03. The summed E-state index contributed by atoms with van der Waals surface area (Å²) in [5.41, 5.74) is 7.96. The minimum Gasteiger partial charge on any atom is -0.384 e. The van der Waals surface area contributed by atoms with Crippen LogP contribution in [0.4, 0.5) is 4.39 Å². The Morgan fingerprint density at radius 3 is 1.75 bits per heavy atom. The number of halogens is 1. The second-order valence-corrected chi connectivity index (χ2v) is 3.50. The van der Waals surface area contributed by atoms with Gasteiger partial charge in [0.2, 0.25) is 0 Å². The van der Waals surface area contributed by atoms with Crippen molar-refractivity contribution in [3.63, 3.8) is 0 Å². The van der Waals surface area contributed by atoms with Gasteiger partial charge in [0.25, 0.3) is 0 Å². The number of nitrogens with two attached hydrogens (primary N) is 1. The van der Waals surface area contributed by atoms with Crippen molar-refractivity contribution in [2.45, 2.75) is 0 Å². The minimum absolute atomic E-state index is 0.0469. The van der Waals surface area contributed by atoms with Crippen LogP contribution in [0.5, 0.6) is 0 Å². The molecule has 0 bridgehead atoms. The summed E-state index contributed by atoms with van der Waals surface area (Å²) >= 11 is 0. The van der Waals surface area contributed by atoms with Crippen LogP contribution in [0.2, 0.25) is 0 Å². The predicted molar refractivity (Wildman–Crippen MR) is 62.9 cm³/mol. The van der Waals surface area contributed by atoms with E-state index in [1.807, 2.05) is 12.1 Å². The molecular formula is C13H11FN2. The molecule has 0 saturated heterocycles. The molecule has 0 saturated carbocycles. The average Bonchev–Trinajstić information content (AvgIpc) is 2.30. The molecule has 2 aromatic rings. The van der Waals surface area contributed by atoms with Gasteiger partial charge in [-0.05, 0) is 23.3 Å². The number of rotatable bonds is 2. The molecule has 3 N–H and O–H groups in total. The fraction of sp³-hybridized carbons (Fsp3) is 0. The van der Waals surface area contributed by atoms with Gasteiger partial charge >= 0.3 is 0 Å². The van der Waals surface area contributed by atoms with Crippen LogP contribution < -0.4 is 5.73 Å². The molecule has 0 aliphatic heterocycles. The fourth-order valence-corrected chi connectivity index (χ4v) is 1.48. The smallest absolute Gasteiger partial charge is 0.123 e. The lowest BCUT2D eigenvalue weighted by atomic mass is 10.0. The van der Waals surface area contributed by atoms with Crippen molar-refractivity contribution >= 4 is 5.84 Å². The number of benzene rings is 2. The standard InChI is InChI=1S/C13H11FN2/c14-12-7-5-10(6-8-12)9-1-3-11(4-2-9)13(15)16/h1-8H,(H3,15,16). The molecule has 0 spiro atoms. The first-order chi connectivity index (χ1) is 7.66. The SMILES string of the molecule is N=C(N)c1ccc(-c2ccc(F)cc2)cc1. The van der Waals surface area contributed by atoms with E-state index < -0.39 is 0 Å². The lowest BCUT2D eigenvalue weighted by Crippen LogP contribution is -2.10. The van der Waals surface area contributed by atoms with Crippen LogP contribution in [-0.4, -0.2) is 5.84 Å². The molecular weight excluding hydrogens is 203 g/mol. The van der Waals surface area contributed by atoms with Crippen LogP contribution in [0.15, 0.2) is 48.5 Å². The normalized spacial score (nSPS) is 10.1. The van der Waals surface area contributed by atoms with E-state index in [-0.39, 0.29) is 11.7 Å². The summed E-state index contributed by atoms with van der Waals surface area (Å²) < 4.78 is 12.7. The van der Waals surface area contributed by atoms with Gasteiger partial charge in [0.05, 0.1) is 0 Å². The molecule has 0 radical (unpaired) electrons. The third kappa shape index (κ3) is 2.08. The fourth-order valence-electron chi connectivity index (χ4n) is 1.48. The Kier molecular flexibility index (Phi) is 2.68. The minimum atomic E-state index is -0.246. The Bertz CT molecular complexity index is 500. The molecule has 3 heteroatoms. The maximum absolute atomic E-state index is 12.7. The number of nitrogens with one attached hydrogen (secondary N) is 1. The molecule has 2 nitrogen and oxygen atoms in total. The van der Waals surface area contributed by atoms with E-state index in [1.165, 1.54) is 12.1 Å². The van der Waals surface area contributed by atoms with Gasteiger partial charge in [0, 0.05) is 5.56 Å². The van der Waals surface area contributed by atoms with E-state index in [4.69, 9.17) is 11.1 Å². The molecule has 2 rings (SSSR count). The van der Waals surface area contributed by atoms with Crippen molar-refractivity contribution in [2.24, 2.45) is 5.73 Å². The van der Waals surface area contributed by atoms with Gasteiger partial charge in [-0.2, -0.15) is 0 Å². The van der Waals surface area contributed by atoms with Crippen LogP contribution in [0.1, 0.15) is 5.56 Å². The van der Waals surface area contributed by atoms with Gasteiger partial charge in [-0.25, -0.2) is 4.39 Å². The Morgan fingerprint density at radius 2 is 1.31 bits per heavy atom.